The van der Waals surface area contributed by atoms with Gasteiger partial charge in [0, 0.05) is 6.54 Å². The van der Waals surface area contributed by atoms with E-state index in [2.05, 4.69) is 9.64 Å². The Morgan fingerprint density at radius 3 is 2.67 bits per heavy atom. The van der Waals surface area contributed by atoms with Crippen LogP contribution >= 0.6 is 0 Å². The molecule has 0 saturated carbocycles. The van der Waals surface area contributed by atoms with Crippen molar-refractivity contribution in [2.75, 3.05) is 32.8 Å². The van der Waals surface area contributed by atoms with Crippen molar-refractivity contribution in [3.63, 3.8) is 0 Å². The molecule has 0 aromatic carbocycles. The molecule has 0 unspecified atom stereocenters. The molecule has 1 fully saturated rings. The molecular weight excluding hydrogens is 234 g/mol. The average Bonchev–Trinajstić information content (AvgIpc) is 2.41. The number of likely N-dealkylation sites (tertiary alicyclic amines) is 1. The molecule has 0 spiro atoms. The summed E-state index contributed by atoms with van der Waals surface area (Å²) in [6.07, 6.45) is 3.42. The Kier molecular flexibility index (Phi) is 7.41. The van der Waals surface area contributed by atoms with Crippen molar-refractivity contribution in [3.8, 4) is 0 Å². The van der Waals surface area contributed by atoms with Gasteiger partial charge in [0.15, 0.2) is 0 Å². The zero-order valence-corrected chi connectivity index (χ0v) is 11.0. The molecular formula is C13H22NO4. The lowest BCUT2D eigenvalue weighted by Crippen LogP contribution is -2.37. The Morgan fingerprint density at radius 1 is 1.33 bits per heavy atom. The normalized spacial score (nSPS) is 17.4. The minimum absolute atomic E-state index is 0.0459. The van der Waals surface area contributed by atoms with Crippen LogP contribution in [0.25, 0.3) is 0 Å². The minimum Gasteiger partial charge on any atom is -0.465 e. The molecule has 5 heteroatoms. The molecule has 0 aromatic heterocycles. The summed E-state index contributed by atoms with van der Waals surface area (Å²) in [4.78, 5) is 23.8. The Labute approximate surface area is 108 Å². The highest BCUT2D eigenvalue weighted by Crippen LogP contribution is 2.18. The number of ether oxygens (including phenoxy) is 2. The molecule has 0 N–H and O–H groups in total. The molecule has 0 aliphatic carbocycles. The molecule has 0 amide bonds. The van der Waals surface area contributed by atoms with Gasteiger partial charge in [-0.2, -0.15) is 0 Å². The van der Waals surface area contributed by atoms with Crippen LogP contribution < -0.4 is 0 Å². The zero-order chi connectivity index (χ0) is 13.2. The van der Waals surface area contributed by atoms with E-state index in [1.54, 1.807) is 0 Å². The van der Waals surface area contributed by atoms with Gasteiger partial charge in [-0.15, -0.1) is 0 Å². The molecule has 1 aliphatic heterocycles. The number of carbonyl (C=O) groups is 1. The van der Waals surface area contributed by atoms with Crippen molar-refractivity contribution in [3.05, 3.63) is 0 Å². The molecule has 103 valence electrons. The Hall–Kier alpha value is -1.10. The molecule has 0 aromatic rings. The van der Waals surface area contributed by atoms with Crippen molar-refractivity contribution in [1.82, 2.24) is 4.90 Å². The maximum Gasteiger partial charge on any atom is 0.417 e. The third-order valence-corrected chi connectivity index (χ3v) is 3.15. The van der Waals surface area contributed by atoms with E-state index in [9.17, 15) is 9.59 Å². The number of piperidine rings is 1. The van der Waals surface area contributed by atoms with E-state index in [1.807, 2.05) is 6.92 Å². The van der Waals surface area contributed by atoms with Crippen molar-refractivity contribution in [2.24, 2.45) is 5.92 Å². The third-order valence-electron chi connectivity index (χ3n) is 3.15. The maximum atomic E-state index is 11.7. The first-order valence-corrected chi connectivity index (χ1v) is 6.65. The molecule has 5 nitrogen and oxygen atoms in total. The van der Waals surface area contributed by atoms with Gasteiger partial charge < -0.3 is 14.4 Å². The number of esters is 1. The topological polar surface area (TPSA) is 55.8 Å². The van der Waals surface area contributed by atoms with Crippen LogP contribution in [0, 0.1) is 5.92 Å². The fraction of sp³-hybridized carbons (Fsp3) is 0.846. The van der Waals surface area contributed by atoms with E-state index in [0.717, 1.165) is 45.3 Å². The molecule has 0 atom stereocenters. The van der Waals surface area contributed by atoms with Crippen LogP contribution in [0.5, 0.6) is 0 Å². The lowest BCUT2D eigenvalue weighted by Gasteiger charge is -2.30. The van der Waals surface area contributed by atoms with E-state index in [-0.39, 0.29) is 11.9 Å². The Bertz CT molecular complexity index is 249. The molecule has 18 heavy (non-hydrogen) atoms. The van der Waals surface area contributed by atoms with Gasteiger partial charge in [0.2, 0.25) is 0 Å². The standard InChI is InChI=1S/C13H22NO4/c1-2-9-18-13(16)12-4-7-14(8-5-12)6-3-10-17-11-15/h12H,2-10H2,1H3. The van der Waals surface area contributed by atoms with Crippen LogP contribution in [0.1, 0.15) is 32.6 Å². The monoisotopic (exact) mass is 256 g/mol. The number of rotatable bonds is 8. The van der Waals surface area contributed by atoms with Gasteiger partial charge in [0.1, 0.15) is 0 Å². The largest absolute Gasteiger partial charge is 0.465 e. The summed E-state index contributed by atoms with van der Waals surface area (Å²) >= 11 is 0. The van der Waals surface area contributed by atoms with Gasteiger partial charge in [-0.1, -0.05) is 6.92 Å². The second-order valence-corrected chi connectivity index (χ2v) is 4.57. The first-order valence-electron chi connectivity index (χ1n) is 6.65. The van der Waals surface area contributed by atoms with E-state index < -0.39 is 0 Å². The second-order valence-electron chi connectivity index (χ2n) is 4.57. The van der Waals surface area contributed by atoms with Crippen LogP contribution in [0.2, 0.25) is 0 Å². The van der Waals surface area contributed by atoms with E-state index in [4.69, 9.17) is 4.74 Å². The SMILES string of the molecule is CCCOC(=O)C1CCN(CCCO[C]=O)CC1. The zero-order valence-electron chi connectivity index (χ0n) is 11.0. The predicted molar refractivity (Wildman–Crippen MR) is 66.7 cm³/mol. The highest BCUT2D eigenvalue weighted by Gasteiger charge is 2.25. The summed E-state index contributed by atoms with van der Waals surface area (Å²) in [5, 5.41) is 0. The Balaban J connectivity index is 2.12. The van der Waals surface area contributed by atoms with Crippen LogP contribution in [0.15, 0.2) is 0 Å². The van der Waals surface area contributed by atoms with E-state index >= 15 is 0 Å². The smallest absolute Gasteiger partial charge is 0.417 e. The van der Waals surface area contributed by atoms with Crippen molar-refractivity contribution in [1.29, 1.82) is 0 Å². The third kappa shape index (κ3) is 5.49. The van der Waals surface area contributed by atoms with Crippen LogP contribution in [-0.2, 0) is 19.1 Å². The first kappa shape index (κ1) is 15.0. The summed E-state index contributed by atoms with van der Waals surface area (Å²) in [5.41, 5.74) is 0. The summed E-state index contributed by atoms with van der Waals surface area (Å²) in [7, 11) is 0. The van der Waals surface area contributed by atoms with Crippen molar-refractivity contribution < 1.29 is 19.1 Å². The van der Waals surface area contributed by atoms with E-state index in [1.165, 1.54) is 6.47 Å². The average molecular weight is 256 g/mol. The summed E-state index contributed by atoms with van der Waals surface area (Å²) in [6, 6.07) is 0. The number of nitrogens with zero attached hydrogens (tertiary/aromatic N) is 1. The maximum absolute atomic E-state index is 11.7. The second kappa shape index (κ2) is 8.91. The summed E-state index contributed by atoms with van der Waals surface area (Å²) in [6.45, 7) is 7.08. The molecule has 1 rings (SSSR count). The minimum atomic E-state index is -0.0459. The fourth-order valence-electron chi connectivity index (χ4n) is 2.11. The number of hydrogen-bond donors (Lipinski definition) is 0. The lowest BCUT2D eigenvalue weighted by molar-refractivity contribution is -0.150. The fourth-order valence-corrected chi connectivity index (χ4v) is 2.11. The van der Waals surface area contributed by atoms with Gasteiger partial charge in [0.25, 0.3) is 0 Å². The van der Waals surface area contributed by atoms with Gasteiger partial charge in [0.05, 0.1) is 19.1 Å². The Morgan fingerprint density at radius 2 is 2.06 bits per heavy atom. The van der Waals surface area contributed by atoms with Gasteiger partial charge in [-0.05, 0) is 38.8 Å². The molecule has 1 radical (unpaired) electrons. The summed E-state index contributed by atoms with van der Waals surface area (Å²) in [5.74, 6) is 0.0164. The van der Waals surface area contributed by atoms with Crippen LogP contribution in [-0.4, -0.2) is 50.2 Å². The lowest BCUT2D eigenvalue weighted by atomic mass is 9.97. The van der Waals surface area contributed by atoms with Gasteiger partial charge in [-0.25, -0.2) is 4.79 Å². The van der Waals surface area contributed by atoms with Crippen LogP contribution in [0.4, 0.5) is 0 Å². The number of carbonyl (C=O) groups excluding carboxylic acids is 2. The van der Waals surface area contributed by atoms with Crippen molar-refractivity contribution in [2.45, 2.75) is 32.6 Å². The molecule has 1 saturated heterocycles. The van der Waals surface area contributed by atoms with Crippen LogP contribution in [0.3, 0.4) is 0 Å². The first-order chi connectivity index (χ1) is 8.77. The molecule has 1 aliphatic rings. The van der Waals surface area contributed by atoms with E-state index in [0.29, 0.717) is 13.2 Å². The van der Waals surface area contributed by atoms with Gasteiger partial charge >= 0.3 is 12.4 Å². The quantitative estimate of drug-likeness (QED) is 0.481. The highest BCUT2D eigenvalue weighted by atomic mass is 16.5. The van der Waals surface area contributed by atoms with Gasteiger partial charge in [-0.3, -0.25) is 4.79 Å². The molecule has 0 bridgehead atoms. The number of hydrogen-bond acceptors (Lipinski definition) is 5. The highest BCUT2D eigenvalue weighted by molar-refractivity contribution is 5.72. The van der Waals surface area contributed by atoms with Crippen molar-refractivity contribution >= 4 is 12.4 Å². The predicted octanol–water partition coefficient (Wildman–Crippen LogP) is 1.13. The molecule has 1 heterocycles. The summed E-state index contributed by atoms with van der Waals surface area (Å²) < 4.78 is 9.68.